The molecule has 9 nitrogen and oxygen atoms in total. The van der Waals surface area contributed by atoms with Gasteiger partial charge in [-0.05, 0) is 61.4 Å². The van der Waals surface area contributed by atoms with Gasteiger partial charge in [-0.15, -0.1) is 0 Å². The summed E-state index contributed by atoms with van der Waals surface area (Å²) in [5.74, 6) is -2.54. The van der Waals surface area contributed by atoms with Crippen LogP contribution >= 0.6 is 0 Å². The van der Waals surface area contributed by atoms with Gasteiger partial charge in [-0.1, -0.05) is 6.07 Å². The van der Waals surface area contributed by atoms with Crippen LogP contribution in [0.1, 0.15) is 39.3 Å². The molecule has 0 aliphatic carbocycles. The van der Waals surface area contributed by atoms with Crippen molar-refractivity contribution in [2.75, 3.05) is 19.4 Å². The highest BCUT2D eigenvalue weighted by Gasteiger charge is 2.30. The fourth-order valence-electron chi connectivity index (χ4n) is 4.24. The lowest BCUT2D eigenvalue weighted by molar-refractivity contribution is -0.128. The highest BCUT2D eigenvalue weighted by Crippen LogP contribution is 2.37. The summed E-state index contributed by atoms with van der Waals surface area (Å²) >= 11 is 0. The summed E-state index contributed by atoms with van der Waals surface area (Å²) in [7, 11) is -1.07. The van der Waals surface area contributed by atoms with Crippen molar-refractivity contribution in [2.45, 2.75) is 29.6 Å². The molecule has 2 heterocycles. The van der Waals surface area contributed by atoms with Gasteiger partial charge in [0.25, 0.3) is 5.91 Å². The lowest BCUT2D eigenvalue weighted by atomic mass is 10.0. The number of anilines is 1. The maximum absolute atomic E-state index is 13.9. The normalized spacial score (nSPS) is 13.9. The second kappa shape index (κ2) is 9.66. The molecule has 0 unspecified atom stereocenters. The Labute approximate surface area is 212 Å². The smallest absolute Gasteiger partial charge is 0.335 e. The van der Waals surface area contributed by atoms with E-state index >= 15 is 0 Å². The molecule has 0 bridgehead atoms. The maximum Gasteiger partial charge on any atom is 0.335 e. The Bertz CT molecular complexity index is 1590. The molecular weight excluding hydrogens is 501 g/mol. The SMILES string of the molecule is Cc1[nH]c(/C=C2/C(=O)Nc3ccc(F)cc32)c(CCC(=O)N(C)C)c1S(=O)(=O)c1cccc(C(=O)O)c1. The second-order valence-electron chi connectivity index (χ2n) is 8.80. The standard InChI is InChI=1S/C26H24FN3O6S/c1-14-24(37(35,36)17-6-4-5-15(11-17)26(33)34)18(8-10-23(31)30(2)3)22(28-14)13-20-19-12-16(27)7-9-21(19)29-25(20)32/h4-7,9,11-13,28H,8,10H2,1-3H3,(H,29,32)(H,33,34)/b20-13+. The summed E-state index contributed by atoms with van der Waals surface area (Å²) < 4.78 is 41.4. The highest BCUT2D eigenvalue weighted by atomic mass is 32.2. The number of aromatic carboxylic acids is 1. The minimum Gasteiger partial charge on any atom is -0.478 e. The molecule has 0 atom stereocenters. The number of aromatic amines is 1. The first kappa shape index (κ1) is 25.8. The third-order valence-electron chi connectivity index (χ3n) is 6.06. The number of aromatic nitrogens is 1. The molecule has 1 aliphatic rings. The number of amides is 2. The van der Waals surface area contributed by atoms with Crippen LogP contribution in [0.4, 0.5) is 10.1 Å². The fourth-order valence-corrected chi connectivity index (χ4v) is 6.00. The molecule has 37 heavy (non-hydrogen) atoms. The number of carbonyl (C=O) groups excluding carboxylic acids is 2. The third-order valence-corrected chi connectivity index (χ3v) is 8.03. The van der Waals surface area contributed by atoms with Crippen LogP contribution in [0.3, 0.4) is 0 Å². The Balaban J connectivity index is 1.90. The first-order valence-electron chi connectivity index (χ1n) is 11.2. The van der Waals surface area contributed by atoms with Crippen molar-refractivity contribution in [1.82, 2.24) is 9.88 Å². The molecule has 2 aromatic carbocycles. The number of carbonyl (C=O) groups is 3. The highest BCUT2D eigenvalue weighted by molar-refractivity contribution is 7.91. The molecule has 3 N–H and O–H groups in total. The van der Waals surface area contributed by atoms with Gasteiger partial charge in [-0.25, -0.2) is 17.6 Å². The predicted octanol–water partition coefficient (Wildman–Crippen LogP) is 3.51. The van der Waals surface area contributed by atoms with Gasteiger partial charge in [0, 0.05) is 43.2 Å². The van der Waals surface area contributed by atoms with E-state index in [1.54, 1.807) is 14.1 Å². The van der Waals surface area contributed by atoms with Crippen molar-refractivity contribution < 1.29 is 32.3 Å². The number of hydrogen-bond acceptors (Lipinski definition) is 5. The Kier molecular flexibility index (Phi) is 6.74. The van der Waals surface area contributed by atoms with Gasteiger partial charge < -0.3 is 20.3 Å². The number of rotatable bonds is 7. The zero-order valence-corrected chi connectivity index (χ0v) is 21.1. The summed E-state index contributed by atoms with van der Waals surface area (Å²) in [4.78, 5) is 40.5. The van der Waals surface area contributed by atoms with Gasteiger partial charge >= 0.3 is 5.97 Å². The van der Waals surface area contributed by atoms with E-state index in [-0.39, 0.29) is 56.6 Å². The molecule has 0 saturated heterocycles. The molecule has 0 saturated carbocycles. The number of fused-ring (bicyclic) bond motifs is 1. The average Bonchev–Trinajstić information content (AvgIpc) is 3.33. The number of halogens is 1. The number of sulfone groups is 1. The van der Waals surface area contributed by atoms with Crippen molar-refractivity contribution in [3.05, 3.63) is 76.4 Å². The Hall–Kier alpha value is -4.25. The van der Waals surface area contributed by atoms with Gasteiger partial charge in [-0.3, -0.25) is 9.59 Å². The van der Waals surface area contributed by atoms with Crippen LogP contribution in [0.5, 0.6) is 0 Å². The van der Waals surface area contributed by atoms with Crippen molar-refractivity contribution in [2.24, 2.45) is 0 Å². The molecular formula is C26H24FN3O6S. The zero-order valence-electron chi connectivity index (χ0n) is 20.3. The quantitative estimate of drug-likeness (QED) is 0.404. The minimum atomic E-state index is -4.23. The van der Waals surface area contributed by atoms with Crippen LogP contribution in [-0.2, 0) is 25.8 Å². The van der Waals surface area contributed by atoms with Crippen LogP contribution in [0.25, 0.3) is 11.6 Å². The van der Waals surface area contributed by atoms with Crippen molar-refractivity contribution >= 4 is 45.0 Å². The maximum atomic E-state index is 13.9. The molecule has 1 aromatic heterocycles. The van der Waals surface area contributed by atoms with E-state index in [1.807, 2.05) is 0 Å². The summed E-state index contributed by atoms with van der Waals surface area (Å²) in [6, 6.07) is 8.85. The number of nitrogens with zero attached hydrogens (tertiary/aromatic N) is 1. The van der Waals surface area contributed by atoms with Crippen LogP contribution in [-0.4, -0.2) is 55.3 Å². The Morgan fingerprint density at radius 1 is 1.14 bits per heavy atom. The summed E-state index contributed by atoms with van der Waals surface area (Å²) in [5, 5.41) is 12.0. The van der Waals surface area contributed by atoms with Gasteiger partial charge in [0.1, 0.15) is 5.82 Å². The number of aryl methyl sites for hydroxylation is 1. The number of benzene rings is 2. The number of carboxylic acids is 1. The molecule has 192 valence electrons. The number of carboxylic acid groups (broad SMARTS) is 1. The third kappa shape index (κ3) is 4.90. The molecule has 2 amide bonds. The average molecular weight is 526 g/mol. The van der Waals surface area contributed by atoms with Gasteiger partial charge in [0.05, 0.1) is 20.9 Å². The molecule has 1 aliphatic heterocycles. The van der Waals surface area contributed by atoms with Gasteiger partial charge in [0.2, 0.25) is 15.7 Å². The monoisotopic (exact) mass is 525 g/mol. The lowest BCUT2D eigenvalue weighted by Gasteiger charge is -2.12. The predicted molar refractivity (Wildman–Crippen MR) is 134 cm³/mol. The number of H-pyrrole nitrogens is 1. The number of nitrogens with one attached hydrogen (secondary N) is 2. The second-order valence-corrected chi connectivity index (χ2v) is 10.7. The van der Waals surface area contributed by atoms with Crippen LogP contribution in [0.15, 0.2) is 52.3 Å². The largest absolute Gasteiger partial charge is 0.478 e. The zero-order chi connectivity index (χ0) is 27.1. The van der Waals surface area contributed by atoms with E-state index < -0.39 is 27.5 Å². The first-order chi connectivity index (χ1) is 17.4. The Morgan fingerprint density at radius 2 is 1.86 bits per heavy atom. The summed E-state index contributed by atoms with van der Waals surface area (Å²) in [5.41, 5.74) is 1.47. The summed E-state index contributed by atoms with van der Waals surface area (Å²) in [6.45, 7) is 1.54. The van der Waals surface area contributed by atoms with Gasteiger partial charge in [-0.2, -0.15) is 0 Å². The fraction of sp³-hybridized carbons (Fsp3) is 0.192. The molecule has 0 fully saturated rings. The molecule has 0 spiro atoms. The molecule has 11 heteroatoms. The van der Waals surface area contributed by atoms with E-state index in [9.17, 15) is 32.3 Å². The lowest BCUT2D eigenvalue weighted by Crippen LogP contribution is -2.22. The van der Waals surface area contributed by atoms with Crippen molar-refractivity contribution in [3.63, 3.8) is 0 Å². The van der Waals surface area contributed by atoms with Crippen LogP contribution in [0.2, 0.25) is 0 Å². The van der Waals surface area contributed by atoms with E-state index in [0.717, 1.165) is 6.07 Å². The first-order valence-corrected chi connectivity index (χ1v) is 12.7. The van der Waals surface area contributed by atoms with Crippen molar-refractivity contribution in [3.8, 4) is 0 Å². The summed E-state index contributed by atoms with van der Waals surface area (Å²) in [6.07, 6.45) is 1.44. The van der Waals surface area contributed by atoms with Crippen LogP contribution in [0, 0.1) is 12.7 Å². The number of hydrogen-bond donors (Lipinski definition) is 3. The molecule has 4 rings (SSSR count). The van der Waals surface area contributed by atoms with E-state index in [0.29, 0.717) is 11.3 Å². The molecule has 3 aromatic rings. The minimum absolute atomic E-state index is 0.0183. The van der Waals surface area contributed by atoms with Crippen LogP contribution < -0.4 is 5.32 Å². The molecule has 0 radical (unpaired) electrons. The van der Waals surface area contributed by atoms with Gasteiger partial charge in [0.15, 0.2) is 0 Å². The Morgan fingerprint density at radius 3 is 2.54 bits per heavy atom. The topological polar surface area (TPSA) is 137 Å². The van der Waals surface area contributed by atoms with E-state index in [2.05, 4.69) is 10.3 Å². The van der Waals surface area contributed by atoms with E-state index in [1.165, 1.54) is 54.3 Å². The van der Waals surface area contributed by atoms with Crippen molar-refractivity contribution in [1.29, 1.82) is 0 Å². The van der Waals surface area contributed by atoms with E-state index in [4.69, 9.17) is 0 Å².